The molecule has 0 N–H and O–H groups in total. The Hall–Kier alpha value is -1.47. The van der Waals surface area contributed by atoms with Gasteiger partial charge < -0.3 is 13.9 Å². The highest BCUT2D eigenvalue weighted by atomic mass is 32.2. The van der Waals surface area contributed by atoms with Gasteiger partial charge in [-0.15, -0.1) is 10.2 Å². The SMILES string of the molecule is C[Si](C)(C)CSc1nnc(-c2ccc3c(c2)OCO3)o1. The van der Waals surface area contributed by atoms with Gasteiger partial charge in [-0.25, -0.2) is 0 Å². The fourth-order valence-electron chi connectivity index (χ4n) is 1.69. The normalized spacial score (nSPS) is 13.8. The molecule has 106 valence electrons. The summed E-state index contributed by atoms with van der Waals surface area (Å²) in [6.45, 7) is 7.21. The number of ether oxygens (including phenoxy) is 2. The third-order valence-electron chi connectivity index (χ3n) is 2.65. The van der Waals surface area contributed by atoms with E-state index in [1.54, 1.807) is 11.8 Å². The predicted molar refractivity (Wildman–Crippen MR) is 79.9 cm³/mol. The zero-order chi connectivity index (χ0) is 14.2. The molecule has 2 heterocycles. The van der Waals surface area contributed by atoms with Crippen molar-refractivity contribution >= 4 is 19.8 Å². The van der Waals surface area contributed by atoms with E-state index in [1.807, 2.05) is 18.2 Å². The lowest BCUT2D eigenvalue weighted by atomic mass is 10.2. The van der Waals surface area contributed by atoms with E-state index in [-0.39, 0.29) is 6.79 Å². The number of rotatable bonds is 4. The van der Waals surface area contributed by atoms with Gasteiger partial charge in [0, 0.05) is 5.56 Å². The molecular formula is C13H16N2O3SSi. The lowest BCUT2D eigenvalue weighted by Crippen LogP contribution is -2.23. The summed E-state index contributed by atoms with van der Waals surface area (Å²) in [5.41, 5.74) is 0.849. The summed E-state index contributed by atoms with van der Waals surface area (Å²) >= 11 is 1.63. The van der Waals surface area contributed by atoms with Crippen LogP contribution >= 0.6 is 11.8 Å². The number of hydrogen-bond acceptors (Lipinski definition) is 6. The summed E-state index contributed by atoms with van der Waals surface area (Å²) in [5, 5.41) is 9.87. The first-order valence-electron chi connectivity index (χ1n) is 6.38. The molecule has 0 unspecified atom stereocenters. The molecule has 5 nitrogen and oxygen atoms in total. The molecule has 0 bridgehead atoms. The summed E-state index contributed by atoms with van der Waals surface area (Å²) in [7, 11) is -1.13. The van der Waals surface area contributed by atoms with Crippen LogP contribution in [-0.4, -0.2) is 30.4 Å². The van der Waals surface area contributed by atoms with E-state index in [2.05, 4.69) is 29.8 Å². The van der Waals surface area contributed by atoms with Crippen LogP contribution in [-0.2, 0) is 0 Å². The highest BCUT2D eigenvalue weighted by Crippen LogP contribution is 2.36. The van der Waals surface area contributed by atoms with Gasteiger partial charge in [0.05, 0.1) is 8.07 Å². The van der Waals surface area contributed by atoms with Crippen molar-refractivity contribution in [2.75, 3.05) is 12.2 Å². The van der Waals surface area contributed by atoms with Crippen LogP contribution in [0.2, 0.25) is 19.6 Å². The van der Waals surface area contributed by atoms with E-state index in [0.29, 0.717) is 11.1 Å². The van der Waals surface area contributed by atoms with E-state index in [4.69, 9.17) is 13.9 Å². The molecule has 3 rings (SSSR count). The number of aromatic nitrogens is 2. The Kier molecular flexibility index (Phi) is 3.47. The third-order valence-corrected chi connectivity index (χ3v) is 7.11. The van der Waals surface area contributed by atoms with Crippen molar-refractivity contribution in [2.24, 2.45) is 0 Å². The van der Waals surface area contributed by atoms with Crippen LogP contribution in [0.5, 0.6) is 11.5 Å². The molecule has 7 heteroatoms. The summed E-state index contributed by atoms with van der Waals surface area (Å²) < 4.78 is 16.3. The molecule has 20 heavy (non-hydrogen) atoms. The lowest BCUT2D eigenvalue weighted by molar-refractivity contribution is 0.174. The van der Waals surface area contributed by atoms with Crippen molar-refractivity contribution in [3.63, 3.8) is 0 Å². The molecule has 0 saturated carbocycles. The lowest BCUT2D eigenvalue weighted by Gasteiger charge is -2.12. The predicted octanol–water partition coefficient (Wildman–Crippen LogP) is 3.43. The van der Waals surface area contributed by atoms with E-state index >= 15 is 0 Å². The van der Waals surface area contributed by atoms with Crippen molar-refractivity contribution in [3.8, 4) is 23.0 Å². The molecule has 1 aliphatic heterocycles. The summed E-state index contributed by atoms with van der Waals surface area (Å²) in [5.74, 6) is 1.99. The van der Waals surface area contributed by atoms with Crippen molar-refractivity contribution in [1.29, 1.82) is 0 Å². The third kappa shape index (κ3) is 2.99. The molecule has 0 radical (unpaired) electrons. The van der Waals surface area contributed by atoms with Crippen LogP contribution in [0.15, 0.2) is 27.8 Å². The quantitative estimate of drug-likeness (QED) is 0.637. The van der Waals surface area contributed by atoms with Crippen LogP contribution in [0.3, 0.4) is 0 Å². The van der Waals surface area contributed by atoms with Gasteiger partial charge >= 0.3 is 0 Å². The van der Waals surface area contributed by atoms with Crippen LogP contribution < -0.4 is 9.47 Å². The van der Waals surface area contributed by atoms with Crippen molar-refractivity contribution < 1.29 is 13.9 Å². The Morgan fingerprint density at radius 1 is 1.15 bits per heavy atom. The van der Waals surface area contributed by atoms with Gasteiger partial charge in [-0.05, 0) is 23.6 Å². The maximum Gasteiger partial charge on any atom is 0.276 e. The van der Waals surface area contributed by atoms with Crippen LogP contribution in [0.1, 0.15) is 0 Å². The Morgan fingerprint density at radius 3 is 2.75 bits per heavy atom. The molecule has 1 aliphatic rings. The standard InChI is InChI=1S/C13H16N2O3SSi/c1-20(2,3)8-19-13-15-14-12(18-13)9-4-5-10-11(6-9)17-7-16-10/h4-6H,7-8H2,1-3H3. The molecule has 0 fully saturated rings. The number of nitrogens with zero attached hydrogens (tertiary/aromatic N) is 2. The summed E-state index contributed by atoms with van der Waals surface area (Å²) in [6, 6.07) is 5.62. The first kappa shape index (κ1) is 13.5. The van der Waals surface area contributed by atoms with Gasteiger partial charge in [-0.1, -0.05) is 31.4 Å². The second-order valence-corrected chi connectivity index (χ2v) is 12.7. The van der Waals surface area contributed by atoms with Crippen LogP contribution in [0.4, 0.5) is 0 Å². The van der Waals surface area contributed by atoms with Gasteiger partial charge in [0.25, 0.3) is 5.22 Å². The Morgan fingerprint density at radius 2 is 1.95 bits per heavy atom. The first-order valence-corrected chi connectivity index (χ1v) is 11.1. The number of thioether (sulfide) groups is 1. The molecule has 2 aromatic rings. The largest absolute Gasteiger partial charge is 0.454 e. The number of benzene rings is 1. The fourth-order valence-corrected chi connectivity index (χ4v) is 4.15. The molecule has 0 amide bonds. The molecule has 0 saturated heterocycles. The van der Waals surface area contributed by atoms with Gasteiger partial charge in [-0.2, -0.15) is 0 Å². The van der Waals surface area contributed by atoms with Gasteiger partial charge in [0.1, 0.15) is 0 Å². The van der Waals surface area contributed by atoms with E-state index in [9.17, 15) is 0 Å². The first-order chi connectivity index (χ1) is 9.51. The van der Waals surface area contributed by atoms with Gasteiger partial charge in [0.2, 0.25) is 12.7 Å². The zero-order valence-electron chi connectivity index (χ0n) is 11.7. The highest BCUT2D eigenvalue weighted by Gasteiger charge is 2.18. The van der Waals surface area contributed by atoms with E-state index < -0.39 is 8.07 Å². The Labute approximate surface area is 122 Å². The average molecular weight is 308 g/mol. The monoisotopic (exact) mass is 308 g/mol. The molecule has 0 atom stereocenters. The topological polar surface area (TPSA) is 57.4 Å². The molecule has 1 aromatic carbocycles. The molecule has 1 aromatic heterocycles. The maximum atomic E-state index is 5.69. The van der Waals surface area contributed by atoms with E-state index in [0.717, 1.165) is 22.4 Å². The number of fused-ring (bicyclic) bond motifs is 1. The minimum Gasteiger partial charge on any atom is -0.454 e. The van der Waals surface area contributed by atoms with Crippen LogP contribution in [0, 0.1) is 0 Å². The van der Waals surface area contributed by atoms with Crippen molar-refractivity contribution in [1.82, 2.24) is 10.2 Å². The second-order valence-electron chi connectivity index (χ2n) is 5.79. The minimum absolute atomic E-state index is 0.264. The maximum absolute atomic E-state index is 5.69. The minimum atomic E-state index is -1.13. The highest BCUT2D eigenvalue weighted by molar-refractivity contribution is 8.00. The van der Waals surface area contributed by atoms with E-state index in [1.165, 1.54) is 0 Å². The Balaban J connectivity index is 1.76. The smallest absolute Gasteiger partial charge is 0.276 e. The van der Waals surface area contributed by atoms with Crippen molar-refractivity contribution in [3.05, 3.63) is 18.2 Å². The molecular weight excluding hydrogens is 292 g/mol. The van der Waals surface area contributed by atoms with Crippen molar-refractivity contribution in [2.45, 2.75) is 24.9 Å². The molecule has 0 aliphatic carbocycles. The molecule has 0 spiro atoms. The number of hydrogen-bond donors (Lipinski definition) is 0. The Bertz CT molecular complexity index is 624. The average Bonchev–Trinajstić information content (AvgIpc) is 3.03. The second kappa shape index (κ2) is 5.14. The van der Waals surface area contributed by atoms with Gasteiger partial charge in [0.15, 0.2) is 11.5 Å². The summed E-state index contributed by atoms with van der Waals surface area (Å²) in [6.07, 6.45) is 0. The van der Waals surface area contributed by atoms with Crippen LogP contribution in [0.25, 0.3) is 11.5 Å². The summed E-state index contributed by atoms with van der Waals surface area (Å²) in [4.78, 5) is 0. The van der Waals surface area contributed by atoms with Gasteiger partial charge in [-0.3, -0.25) is 0 Å². The fraction of sp³-hybridized carbons (Fsp3) is 0.385. The zero-order valence-corrected chi connectivity index (χ0v) is 13.5.